The fraction of sp³-hybridized carbons (Fsp3) is 0.929. The summed E-state index contributed by atoms with van der Waals surface area (Å²) in [5.41, 5.74) is 5.90. The highest BCUT2D eigenvalue weighted by Crippen LogP contribution is 2.34. The Morgan fingerprint density at radius 3 is 2.59 bits per heavy atom. The van der Waals surface area contributed by atoms with Crippen LogP contribution >= 0.6 is 0 Å². The predicted molar refractivity (Wildman–Crippen MR) is 69.6 cm³/mol. The summed E-state index contributed by atoms with van der Waals surface area (Å²) in [6.07, 6.45) is 9.84. The molecular weight excluding hydrogens is 212 g/mol. The molecular formula is C14H26N2O. The lowest BCUT2D eigenvalue weighted by molar-refractivity contribution is -0.134. The maximum Gasteiger partial charge on any atom is 0.239 e. The van der Waals surface area contributed by atoms with Gasteiger partial charge in [-0.2, -0.15) is 0 Å². The molecule has 17 heavy (non-hydrogen) atoms. The van der Waals surface area contributed by atoms with Crippen molar-refractivity contribution >= 4 is 5.91 Å². The van der Waals surface area contributed by atoms with Crippen molar-refractivity contribution in [2.75, 3.05) is 6.54 Å². The third-order valence-corrected chi connectivity index (χ3v) is 4.53. The van der Waals surface area contributed by atoms with Crippen LogP contribution < -0.4 is 5.73 Å². The molecule has 3 nitrogen and oxygen atoms in total. The highest BCUT2D eigenvalue weighted by Gasteiger charge is 2.36. The molecule has 2 atom stereocenters. The van der Waals surface area contributed by atoms with E-state index in [0.717, 1.165) is 18.9 Å². The number of hydrogen-bond donors (Lipinski definition) is 1. The van der Waals surface area contributed by atoms with Crippen molar-refractivity contribution in [3.63, 3.8) is 0 Å². The Morgan fingerprint density at radius 1 is 1.24 bits per heavy atom. The van der Waals surface area contributed by atoms with E-state index in [1.807, 2.05) is 6.92 Å². The Morgan fingerprint density at radius 2 is 1.94 bits per heavy atom. The molecule has 1 heterocycles. The van der Waals surface area contributed by atoms with E-state index in [0.29, 0.717) is 6.04 Å². The van der Waals surface area contributed by atoms with Gasteiger partial charge in [-0.1, -0.05) is 26.2 Å². The zero-order valence-electron chi connectivity index (χ0n) is 11.0. The molecule has 2 N–H and O–H groups in total. The number of rotatable bonds is 3. The van der Waals surface area contributed by atoms with Crippen molar-refractivity contribution in [3.8, 4) is 0 Å². The van der Waals surface area contributed by atoms with Crippen LogP contribution in [0.5, 0.6) is 0 Å². The van der Waals surface area contributed by atoms with E-state index in [1.165, 1.54) is 44.9 Å². The standard InChI is InChI=1S/C14H26N2O/c1-2-12(15)14(17)16-10-6-9-13(16)11-7-4-3-5-8-11/h11-13H,2-10,15H2,1H3/t12-,13?/m1/s1. The van der Waals surface area contributed by atoms with Crippen LogP contribution in [0, 0.1) is 5.92 Å². The van der Waals surface area contributed by atoms with Gasteiger partial charge in [0.05, 0.1) is 6.04 Å². The largest absolute Gasteiger partial charge is 0.338 e. The van der Waals surface area contributed by atoms with Gasteiger partial charge in [0.2, 0.25) is 5.91 Å². The summed E-state index contributed by atoms with van der Waals surface area (Å²) in [5.74, 6) is 0.944. The molecule has 1 saturated carbocycles. The zero-order chi connectivity index (χ0) is 12.3. The van der Waals surface area contributed by atoms with Crippen LogP contribution in [0.25, 0.3) is 0 Å². The molecule has 0 aromatic carbocycles. The number of amides is 1. The summed E-state index contributed by atoms with van der Waals surface area (Å²) in [6.45, 7) is 2.93. The van der Waals surface area contributed by atoms with Crippen molar-refractivity contribution in [2.45, 2.75) is 70.4 Å². The second-order valence-electron chi connectivity index (χ2n) is 5.65. The van der Waals surface area contributed by atoms with Gasteiger partial charge < -0.3 is 10.6 Å². The molecule has 2 aliphatic rings. The highest BCUT2D eigenvalue weighted by atomic mass is 16.2. The minimum absolute atomic E-state index is 0.195. The first kappa shape index (κ1) is 12.9. The average molecular weight is 238 g/mol. The molecule has 0 spiro atoms. The first-order chi connectivity index (χ1) is 8.24. The fourth-order valence-electron chi connectivity index (χ4n) is 3.46. The van der Waals surface area contributed by atoms with Crippen LogP contribution in [-0.2, 0) is 4.79 Å². The van der Waals surface area contributed by atoms with Gasteiger partial charge in [-0.05, 0) is 38.0 Å². The monoisotopic (exact) mass is 238 g/mol. The predicted octanol–water partition coefficient (Wildman–Crippen LogP) is 2.29. The molecule has 1 amide bonds. The topological polar surface area (TPSA) is 46.3 Å². The van der Waals surface area contributed by atoms with Crippen molar-refractivity contribution in [2.24, 2.45) is 11.7 Å². The van der Waals surface area contributed by atoms with Crippen LogP contribution in [0.15, 0.2) is 0 Å². The number of hydrogen-bond acceptors (Lipinski definition) is 2. The molecule has 0 aromatic rings. The van der Waals surface area contributed by atoms with Crippen LogP contribution in [0.2, 0.25) is 0 Å². The van der Waals surface area contributed by atoms with Crippen molar-refractivity contribution in [1.29, 1.82) is 0 Å². The highest BCUT2D eigenvalue weighted by molar-refractivity contribution is 5.82. The molecule has 0 bridgehead atoms. The first-order valence-corrected chi connectivity index (χ1v) is 7.30. The van der Waals surface area contributed by atoms with Crippen LogP contribution in [0.4, 0.5) is 0 Å². The van der Waals surface area contributed by atoms with E-state index in [1.54, 1.807) is 0 Å². The maximum absolute atomic E-state index is 12.2. The van der Waals surface area contributed by atoms with Gasteiger partial charge in [-0.15, -0.1) is 0 Å². The van der Waals surface area contributed by atoms with Gasteiger partial charge in [0, 0.05) is 12.6 Å². The number of carbonyl (C=O) groups excluding carboxylic acids is 1. The normalized spacial score (nSPS) is 28.4. The zero-order valence-corrected chi connectivity index (χ0v) is 11.0. The van der Waals surface area contributed by atoms with Crippen LogP contribution in [0.1, 0.15) is 58.3 Å². The van der Waals surface area contributed by atoms with Crippen molar-refractivity contribution in [1.82, 2.24) is 4.90 Å². The average Bonchev–Trinajstić information content (AvgIpc) is 2.87. The van der Waals surface area contributed by atoms with Gasteiger partial charge in [-0.3, -0.25) is 4.79 Å². The number of carbonyl (C=O) groups is 1. The smallest absolute Gasteiger partial charge is 0.239 e. The minimum Gasteiger partial charge on any atom is -0.338 e. The fourth-order valence-corrected chi connectivity index (χ4v) is 3.46. The second-order valence-corrected chi connectivity index (χ2v) is 5.65. The lowest BCUT2D eigenvalue weighted by Gasteiger charge is -2.35. The Hall–Kier alpha value is -0.570. The molecule has 1 aliphatic heterocycles. The summed E-state index contributed by atoms with van der Waals surface area (Å²) < 4.78 is 0. The Labute approximate surface area is 105 Å². The molecule has 0 aromatic heterocycles. The van der Waals surface area contributed by atoms with Gasteiger partial charge in [0.15, 0.2) is 0 Å². The summed E-state index contributed by atoms with van der Waals surface area (Å²) >= 11 is 0. The van der Waals surface area contributed by atoms with Gasteiger partial charge in [0.25, 0.3) is 0 Å². The van der Waals surface area contributed by atoms with E-state index in [-0.39, 0.29) is 11.9 Å². The number of nitrogens with two attached hydrogens (primary N) is 1. The Bertz CT molecular complexity index is 261. The summed E-state index contributed by atoms with van der Waals surface area (Å²) in [5, 5.41) is 0. The minimum atomic E-state index is -0.279. The van der Waals surface area contributed by atoms with Crippen LogP contribution in [0.3, 0.4) is 0 Å². The van der Waals surface area contributed by atoms with E-state index in [9.17, 15) is 4.79 Å². The molecule has 2 rings (SSSR count). The molecule has 1 aliphatic carbocycles. The summed E-state index contributed by atoms with van der Waals surface area (Å²) in [6, 6.07) is 0.222. The number of likely N-dealkylation sites (tertiary alicyclic amines) is 1. The summed E-state index contributed by atoms with van der Waals surface area (Å²) in [7, 11) is 0. The molecule has 98 valence electrons. The van der Waals surface area contributed by atoms with Gasteiger partial charge in [0.1, 0.15) is 0 Å². The van der Waals surface area contributed by atoms with E-state index < -0.39 is 0 Å². The summed E-state index contributed by atoms with van der Waals surface area (Å²) in [4.78, 5) is 14.3. The molecule has 1 unspecified atom stereocenters. The van der Waals surface area contributed by atoms with Gasteiger partial charge in [-0.25, -0.2) is 0 Å². The van der Waals surface area contributed by atoms with Crippen molar-refractivity contribution in [3.05, 3.63) is 0 Å². The second kappa shape index (κ2) is 5.85. The molecule has 3 heteroatoms. The first-order valence-electron chi connectivity index (χ1n) is 7.30. The lowest BCUT2D eigenvalue weighted by atomic mass is 9.83. The third-order valence-electron chi connectivity index (χ3n) is 4.53. The third kappa shape index (κ3) is 2.82. The molecule has 1 saturated heterocycles. The molecule has 2 fully saturated rings. The lowest BCUT2D eigenvalue weighted by Crippen LogP contribution is -2.48. The van der Waals surface area contributed by atoms with E-state index >= 15 is 0 Å². The maximum atomic E-state index is 12.2. The van der Waals surface area contributed by atoms with E-state index in [2.05, 4.69) is 4.90 Å². The van der Waals surface area contributed by atoms with Crippen molar-refractivity contribution < 1.29 is 4.79 Å². The van der Waals surface area contributed by atoms with Gasteiger partial charge >= 0.3 is 0 Å². The number of nitrogens with zero attached hydrogens (tertiary/aromatic N) is 1. The molecule has 0 radical (unpaired) electrons. The quantitative estimate of drug-likeness (QED) is 0.820. The van der Waals surface area contributed by atoms with Crippen LogP contribution in [-0.4, -0.2) is 29.4 Å². The SMILES string of the molecule is CC[C@@H](N)C(=O)N1CCCC1C1CCCCC1. The van der Waals surface area contributed by atoms with E-state index in [4.69, 9.17) is 5.73 Å². The Balaban J connectivity index is 1.98. The Kier molecular flexibility index (Phi) is 4.43.